The fourth-order valence-corrected chi connectivity index (χ4v) is 1.89. The summed E-state index contributed by atoms with van der Waals surface area (Å²) < 4.78 is 0. The van der Waals surface area contributed by atoms with Gasteiger partial charge in [-0.2, -0.15) is 5.26 Å². The van der Waals surface area contributed by atoms with Crippen LogP contribution in [-0.4, -0.2) is 11.0 Å². The van der Waals surface area contributed by atoms with Crippen LogP contribution in [0, 0.1) is 17.2 Å². The van der Waals surface area contributed by atoms with Gasteiger partial charge in [-0.3, -0.25) is 0 Å². The smallest absolute Gasteiger partial charge is 0.0914 e. The van der Waals surface area contributed by atoms with Crippen LogP contribution in [0.5, 0.6) is 0 Å². The van der Waals surface area contributed by atoms with Gasteiger partial charge < -0.3 is 0 Å². The van der Waals surface area contributed by atoms with Gasteiger partial charge in [0.05, 0.1) is 11.3 Å². The van der Waals surface area contributed by atoms with Gasteiger partial charge in [0.1, 0.15) is 0 Å². The zero-order chi connectivity index (χ0) is 8.69. The van der Waals surface area contributed by atoms with Crippen molar-refractivity contribution in [1.82, 2.24) is 0 Å². The molecule has 1 nitrogen and oxygen atoms in total. The molecule has 0 bridgehead atoms. The zero-order valence-electron chi connectivity index (χ0n) is 7.63. The molecule has 0 aromatic rings. The first-order chi connectivity index (χ1) is 5.20. The molecule has 0 saturated carbocycles. The molecule has 0 amide bonds. The highest BCUT2D eigenvalue weighted by Crippen LogP contribution is 2.16. The van der Waals surface area contributed by atoms with E-state index in [1.54, 1.807) is 11.8 Å². The molecule has 0 fully saturated rings. The van der Waals surface area contributed by atoms with Crippen LogP contribution in [0.4, 0.5) is 0 Å². The Balaban J connectivity index is 3.30. The minimum Gasteiger partial charge on any atom is -0.197 e. The highest BCUT2D eigenvalue weighted by atomic mass is 32.2. The van der Waals surface area contributed by atoms with E-state index in [0.717, 1.165) is 18.1 Å². The van der Waals surface area contributed by atoms with Crippen molar-refractivity contribution in [2.45, 2.75) is 38.9 Å². The summed E-state index contributed by atoms with van der Waals surface area (Å²) in [5.41, 5.74) is 0. The van der Waals surface area contributed by atoms with Crippen LogP contribution in [0.15, 0.2) is 0 Å². The van der Waals surface area contributed by atoms with E-state index >= 15 is 0 Å². The van der Waals surface area contributed by atoms with E-state index in [1.807, 2.05) is 0 Å². The van der Waals surface area contributed by atoms with Gasteiger partial charge in [-0.05, 0) is 24.5 Å². The third-order valence-corrected chi connectivity index (χ3v) is 2.84. The van der Waals surface area contributed by atoms with E-state index < -0.39 is 0 Å². The average molecular weight is 171 g/mol. The van der Waals surface area contributed by atoms with E-state index in [9.17, 15) is 0 Å². The lowest BCUT2D eigenvalue weighted by Gasteiger charge is -2.06. The van der Waals surface area contributed by atoms with Crippen LogP contribution in [0.3, 0.4) is 0 Å². The van der Waals surface area contributed by atoms with E-state index in [4.69, 9.17) is 5.26 Å². The van der Waals surface area contributed by atoms with Crippen LogP contribution in [0.1, 0.15) is 33.6 Å². The molecule has 0 aromatic carbocycles. The Morgan fingerprint density at radius 2 is 2.09 bits per heavy atom. The number of hydrogen-bond donors (Lipinski definition) is 0. The molecule has 0 heterocycles. The second kappa shape index (κ2) is 6.54. The largest absolute Gasteiger partial charge is 0.197 e. The predicted molar refractivity (Wildman–Crippen MR) is 51.6 cm³/mol. The van der Waals surface area contributed by atoms with E-state index in [-0.39, 0.29) is 5.25 Å². The first-order valence-corrected chi connectivity index (χ1v) is 5.26. The van der Waals surface area contributed by atoms with Crippen molar-refractivity contribution >= 4 is 11.8 Å². The third kappa shape index (κ3) is 6.25. The summed E-state index contributed by atoms with van der Waals surface area (Å²) in [5, 5.41) is 8.84. The molecule has 11 heavy (non-hydrogen) atoms. The Hall–Kier alpha value is -0.160. The van der Waals surface area contributed by atoms with Gasteiger partial charge in [0.2, 0.25) is 0 Å². The summed E-state index contributed by atoms with van der Waals surface area (Å²) in [5.74, 6) is 1.89. The van der Waals surface area contributed by atoms with Gasteiger partial charge in [-0.1, -0.05) is 20.8 Å². The van der Waals surface area contributed by atoms with Crippen molar-refractivity contribution in [1.29, 1.82) is 5.26 Å². The second-order valence-corrected chi connectivity index (χ2v) is 4.39. The predicted octanol–water partition coefficient (Wildman–Crippen LogP) is 3.07. The molecule has 2 heteroatoms. The van der Waals surface area contributed by atoms with Crippen molar-refractivity contribution in [2.75, 3.05) is 5.75 Å². The molecule has 0 rings (SSSR count). The van der Waals surface area contributed by atoms with E-state index in [0.29, 0.717) is 0 Å². The SMILES string of the molecule is CCC(C#N)SCCC(C)C. The summed E-state index contributed by atoms with van der Waals surface area (Å²) in [4.78, 5) is 0. The Bertz CT molecular complexity index is 126. The molecule has 0 aromatic heterocycles. The molecule has 0 radical (unpaired) electrons. The van der Waals surface area contributed by atoms with Crippen molar-refractivity contribution in [3.05, 3.63) is 0 Å². The van der Waals surface area contributed by atoms with Gasteiger partial charge in [-0.15, -0.1) is 11.8 Å². The summed E-state index contributed by atoms with van der Waals surface area (Å²) >= 11 is 1.79. The van der Waals surface area contributed by atoms with Gasteiger partial charge in [-0.25, -0.2) is 0 Å². The minimum atomic E-state index is 0.216. The third-order valence-electron chi connectivity index (χ3n) is 1.53. The normalized spacial score (nSPS) is 13.0. The molecule has 0 aliphatic carbocycles. The Morgan fingerprint density at radius 3 is 2.45 bits per heavy atom. The highest BCUT2D eigenvalue weighted by molar-refractivity contribution is 8.00. The lowest BCUT2D eigenvalue weighted by atomic mass is 10.2. The Kier molecular flexibility index (Phi) is 6.45. The quantitative estimate of drug-likeness (QED) is 0.634. The van der Waals surface area contributed by atoms with E-state index in [1.165, 1.54) is 6.42 Å². The first-order valence-electron chi connectivity index (χ1n) is 4.21. The van der Waals surface area contributed by atoms with E-state index in [2.05, 4.69) is 26.8 Å². The highest BCUT2D eigenvalue weighted by Gasteiger charge is 2.04. The van der Waals surface area contributed by atoms with Crippen LogP contribution in [0.2, 0.25) is 0 Å². The van der Waals surface area contributed by atoms with Crippen molar-refractivity contribution < 1.29 is 0 Å². The van der Waals surface area contributed by atoms with Crippen LogP contribution in [0.25, 0.3) is 0 Å². The topological polar surface area (TPSA) is 23.8 Å². The summed E-state index contributed by atoms with van der Waals surface area (Å²) in [7, 11) is 0. The molecule has 64 valence electrons. The Morgan fingerprint density at radius 1 is 1.45 bits per heavy atom. The van der Waals surface area contributed by atoms with Gasteiger partial charge in [0, 0.05) is 0 Å². The van der Waals surface area contributed by atoms with Crippen molar-refractivity contribution in [3.8, 4) is 6.07 Å². The molecule has 0 spiro atoms. The fourth-order valence-electron chi connectivity index (χ4n) is 0.692. The number of rotatable bonds is 5. The van der Waals surface area contributed by atoms with Gasteiger partial charge >= 0.3 is 0 Å². The molecule has 0 aliphatic rings. The van der Waals surface area contributed by atoms with Crippen molar-refractivity contribution in [3.63, 3.8) is 0 Å². The number of thioether (sulfide) groups is 1. The Labute approximate surface area is 74.2 Å². The second-order valence-electron chi connectivity index (χ2n) is 3.08. The maximum Gasteiger partial charge on any atom is 0.0914 e. The molecule has 1 unspecified atom stereocenters. The first kappa shape index (κ1) is 10.8. The summed E-state index contributed by atoms with van der Waals surface area (Å²) in [6, 6.07) is 2.29. The van der Waals surface area contributed by atoms with Crippen LogP contribution in [-0.2, 0) is 0 Å². The maximum atomic E-state index is 8.62. The summed E-state index contributed by atoms with van der Waals surface area (Å²) in [6.07, 6.45) is 2.20. The maximum absolute atomic E-state index is 8.62. The van der Waals surface area contributed by atoms with Crippen molar-refractivity contribution in [2.24, 2.45) is 5.92 Å². The molecule has 0 N–H and O–H groups in total. The molecule has 0 saturated heterocycles. The van der Waals surface area contributed by atoms with Crippen LogP contribution >= 0.6 is 11.8 Å². The van der Waals surface area contributed by atoms with Gasteiger partial charge in [0.15, 0.2) is 0 Å². The summed E-state index contributed by atoms with van der Waals surface area (Å²) in [6.45, 7) is 6.50. The molecule has 1 atom stereocenters. The molecular weight excluding hydrogens is 154 g/mol. The lowest BCUT2D eigenvalue weighted by molar-refractivity contribution is 0.631. The number of nitrogens with zero attached hydrogens (tertiary/aromatic N) is 1. The fraction of sp³-hybridized carbons (Fsp3) is 0.889. The monoisotopic (exact) mass is 171 g/mol. The molecular formula is C9H17NS. The van der Waals surface area contributed by atoms with Crippen LogP contribution < -0.4 is 0 Å². The number of nitriles is 1. The molecule has 0 aliphatic heterocycles. The standard InChI is InChI=1S/C9H17NS/c1-4-9(7-10)11-6-5-8(2)3/h8-9H,4-6H2,1-3H3. The average Bonchev–Trinajstić information content (AvgIpc) is 1.98. The van der Waals surface area contributed by atoms with Gasteiger partial charge in [0.25, 0.3) is 0 Å². The minimum absolute atomic E-state index is 0.216. The lowest BCUT2D eigenvalue weighted by Crippen LogP contribution is -1.99. The zero-order valence-corrected chi connectivity index (χ0v) is 8.45. The number of hydrogen-bond acceptors (Lipinski definition) is 2.